The Balaban J connectivity index is 3.15. The second-order valence-corrected chi connectivity index (χ2v) is 3.17. The maximum Gasteiger partial charge on any atom is 0.0920 e. The van der Waals surface area contributed by atoms with E-state index in [9.17, 15) is 0 Å². The van der Waals surface area contributed by atoms with Crippen molar-refractivity contribution in [2.24, 2.45) is 5.41 Å². The molecule has 0 nitrogen and oxygen atoms in total. The van der Waals surface area contributed by atoms with E-state index in [-0.39, 0.29) is 0 Å². The van der Waals surface area contributed by atoms with E-state index in [4.69, 9.17) is 0 Å². The Bertz CT molecular complexity index is 38.5. The van der Waals surface area contributed by atoms with Crippen LogP contribution in [0.3, 0.4) is 0 Å². The third-order valence-corrected chi connectivity index (χ3v) is 0.816. The average molecular weight is 99.2 g/mol. The molecule has 0 fully saturated rings. The maximum absolute atomic E-state index is 2.24. The zero-order valence-electron chi connectivity index (χ0n) is 5.78. The van der Waals surface area contributed by atoms with Gasteiger partial charge in [-0.15, -0.1) is 0 Å². The van der Waals surface area contributed by atoms with Crippen molar-refractivity contribution in [3.8, 4) is 0 Å². The van der Waals surface area contributed by atoms with Crippen LogP contribution in [0.25, 0.3) is 0 Å². The first-order chi connectivity index (χ1) is 3.06. The van der Waals surface area contributed by atoms with Crippen LogP contribution in [0.15, 0.2) is 0 Å². The monoisotopic (exact) mass is 99.1 g/mol. The van der Waals surface area contributed by atoms with Crippen molar-refractivity contribution in [3.63, 3.8) is 0 Å². The Labute approximate surface area is 46.9 Å². The Kier molecular flexibility index (Phi) is 2.21. The molecule has 0 spiro atoms. The van der Waals surface area contributed by atoms with Crippen molar-refractivity contribution >= 4 is 0 Å². The molecule has 0 saturated heterocycles. The first kappa shape index (κ1) is 6.87. The molecule has 0 aromatic heterocycles. The largest absolute Gasteiger partial charge is 0.0920 e. The lowest BCUT2D eigenvalue weighted by Gasteiger charge is -2.09. The number of rotatable bonds is 1. The van der Waals surface area contributed by atoms with Crippen LogP contribution in [0.4, 0.5) is 0 Å². The van der Waals surface area contributed by atoms with Gasteiger partial charge in [0.1, 0.15) is 0 Å². The lowest BCUT2D eigenvalue weighted by Crippen LogP contribution is -2.02. The van der Waals surface area contributed by atoms with Crippen LogP contribution in [-0.4, -0.2) is 0 Å². The zero-order valence-corrected chi connectivity index (χ0v) is 5.78. The van der Waals surface area contributed by atoms with Gasteiger partial charge in [0.2, 0.25) is 0 Å². The van der Waals surface area contributed by atoms with Crippen molar-refractivity contribution in [2.45, 2.75) is 34.1 Å². The molecule has 7 heavy (non-hydrogen) atoms. The topological polar surface area (TPSA) is 0 Å². The lowest BCUT2D eigenvalue weighted by molar-refractivity contribution is 0.407. The molecule has 0 saturated carbocycles. The van der Waals surface area contributed by atoms with Crippen LogP contribution in [0.5, 0.6) is 0 Å². The summed E-state index contributed by atoms with van der Waals surface area (Å²) in [5, 5.41) is 0. The molecule has 0 aliphatic carbocycles. The van der Waals surface area contributed by atoms with E-state index in [1.54, 1.807) is 0 Å². The maximum atomic E-state index is 2.24. The fourth-order valence-corrected chi connectivity index (χ4v) is 0.612. The summed E-state index contributed by atoms with van der Waals surface area (Å²) in [6.07, 6.45) is 3.42. The van der Waals surface area contributed by atoms with Crippen molar-refractivity contribution in [2.75, 3.05) is 0 Å². The summed E-state index contributed by atoms with van der Waals surface area (Å²) >= 11 is 0. The molecule has 0 aromatic carbocycles. The molecular formula is C7H15+. The first-order valence-electron chi connectivity index (χ1n) is 2.84. The van der Waals surface area contributed by atoms with Crippen molar-refractivity contribution in [1.29, 1.82) is 0 Å². The van der Waals surface area contributed by atoms with Crippen molar-refractivity contribution in [3.05, 3.63) is 6.42 Å². The summed E-state index contributed by atoms with van der Waals surface area (Å²) in [4.78, 5) is 0. The fourth-order valence-electron chi connectivity index (χ4n) is 0.612. The molecule has 0 heteroatoms. The first-order valence-corrected chi connectivity index (χ1v) is 2.84. The Morgan fingerprint density at radius 3 is 1.71 bits per heavy atom. The molecule has 42 valence electrons. The lowest BCUT2D eigenvalue weighted by atomic mass is 9.91. The van der Waals surface area contributed by atoms with E-state index >= 15 is 0 Å². The van der Waals surface area contributed by atoms with Gasteiger partial charge in [0.25, 0.3) is 0 Å². The Morgan fingerprint density at radius 2 is 1.71 bits per heavy atom. The van der Waals surface area contributed by atoms with E-state index in [2.05, 4.69) is 34.1 Å². The fraction of sp³-hybridized carbons (Fsp3) is 0.857. The predicted octanol–water partition coefficient (Wildman–Crippen LogP) is 2.65. The molecule has 0 aliphatic heterocycles. The summed E-state index contributed by atoms with van der Waals surface area (Å²) in [7, 11) is 0. The minimum atomic E-state index is 0.495. The summed E-state index contributed by atoms with van der Waals surface area (Å²) < 4.78 is 0. The van der Waals surface area contributed by atoms with Crippen LogP contribution in [0.2, 0.25) is 0 Å². The smallest absolute Gasteiger partial charge is 0.0561 e. The van der Waals surface area contributed by atoms with Gasteiger partial charge >= 0.3 is 0 Å². The van der Waals surface area contributed by atoms with Gasteiger partial charge in [0.05, 0.1) is 19.8 Å². The summed E-state index contributed by atoms with van der Waals surface area (Å²) in [5.74, 6) is 0. The quantitative estimate of drug-likeness (QED) is 0.443. The number of hydrogen-bond acceptors (Lipinski definition) is 0. The van der Waals surface area contributed by atoms with Gasteiger partial charge in [0.15, 0.2) is 0 Å². The van der Waals surface area contributed by atoms with E-state index < -0.39 is 0 Å². The second-order valence-electron chi connectivity index (χ2n) is 3.17. The van der Waals surface area contributed by atoms with E-state index in [0.717, 1.165) is 0 Å². The van der Waals surface area contributed by atoms with Gasteiger partial charge in [-0.1, -0.05) is 20.8 Å². The van der Waals surface area contributed by atoms with E-state index in [1.165, 1.54) is 6.42 Å². The third kappa shape index (κ3) is 5.87. The zero-order chi connectivity index (χ0) is 5.91. The van der Waals surface area contributed by atoms with E-state index in [0.29, 0.717) is 5.41 Å². The van der Waals surface area contributed by atoms with Crippen molar-refractivity contribution in [1.82, 2.24) is 0 Å². The Hall–Kier alpha value is -0.130. The normalized spacial score (nSPS) is 11.4. The SMILES string of the molecule is C[CH+]CC(C)(C)C. The minimum Gasteiger partial charge on any atom is -0.0561 e. The Morgan fingerprint density at radius 1 is 1.29 bits per heavy atom. The molecule has 0 unspecified atom stereocenters. The van der Waals surface area contributed by atoms with Crippen molar-refractivity contribution < 1.29 is 0 Å². The second kappa shape index (κ2) is 2.25. The molecule has 0 radical (unpaired) electrons. The van der Waals surface area contributed by atoms with Crippen LogP contribution < -0.4 is 0 Å². The molecule has 0 bridgehead atoms. The highest BCUT2D eigenvalue weighted by atomic mass is 14.1. The summed E-state index contributed by atoms with van der Waals surface area (Å²) in [6.45, 7) is 8.83. The molecule has 0 aliphatic rings. The van der Waals surface area contributed by atoms with E-state index in [1.807, 2.05) is 0 Å². The predicted molar refractivity (Wildman–Crippen MR) is 34.0 cm³/mol. The minimum absolute atomic E-state index is 0.495. The van der Waals surface area contributed by atoms with Gasteiger partial charge in [-0.3, -0.25) is 0 Å². The number of hydrogen-bond donors (Lipinski definition) is 0. The standard InChI is InChI=1S/C7H15/c1-5-6-7(2,3)4/h5H,6H2,1-4H3/q+1. The highest BCUT2D eigenvalue weighted by molar-refractivity contribution is 4.68. The molecular weight excluding hydrogens is 84.1 g/mol. The van der Waals surface area contributed by atoms with Gasteiger partial charge in [-0.25, -0.2) is 0 Å². The van der Waals surface area contributed by atoms with Crippen LogP contribution in [0, 0.1) is 11.8 Å². The molecule has 0 atom stereocenters. The average Bonchev–Trinajstić information content (AvgIpc) is 1.30. The van der Waals surface area contributed by atoms with Crippen LogP contribution in [0.1, 0.15) is 34.1 Å². The highest BCUT2D eigenvalue weighted by Crippen LogP contribution is 2.18. The highest BCUT2D eigenvalue weighted by Gasteiger charge is 2.12. The van der Waals surface area contributed by atoms with Gasteiger partial charge in [-0.05, 0) is 0 Å². The van der Waals surface area contributed by atoms with Gasteiger partial charge in [0, 0.05) is 5.41 Å². The van der Waals surface area contributed by atoms with Gasteiger partial charge < -0.3 is 0 Å². The molecule has 0 heterocycles. The van der Waals surface area contributed by atoms with Crippen LogP contribution >= 0.6 is 0 Å². The summed E-state index contributed by atoms with van der Waals surface area (Å²) in [6, 6.07) is 0. The molecule has 0 N–H and O–H groups in total. The van der Waals surface area contributed by atoms with Gasteiger partial charge in [-0.2, -0.15) is 0 Å². The van der Waals surface area contributed by atoms with Crippen LogP contribution in [-0.2, 0) is 0 Å². The molecule has 0 rings (SSSR count). The summed E-state index contributed by atoms with van der Waals surface area (Å²) in [5.41, 5.74) is 0.495. The molecule has 0 amide bonds. The molecule has 0 aromatic rings. The third-order valence-electron chi connectivity index (χ3n) is 0.816.